The van der Waals surface area contributed by atoms with Crippen LogP contribution in [0.4, 0.5) is 5.69 Å². The van der Waals surface area contributed by atoms with Crippen molar-refractivity contribution in [2.24, 2.45) is 0 Å². The van der Waals surface area contributed by atoms with E-state index in [9.17, 15) is 19.2 Å². The minimum absolute atomic E-state index is 0.00593. The Morgan fingerprint density at radius 2 is 2.00 bits per heavy atom. The highest BCUT2D eigenvalue weighted by atomic mass is 79.9. The number of hydrogen-bond donors (Lipinski definition) is 2. The number of halogens is 1. The number of carbonyl (C=O) groups is 4. The summed E-state index contributed by atoms with van der Waals surface area (Å²) >= 11 is 4.35. The number of imide groups is 1. The zero-order valence-corrected chi connectivity index (χ0v) is 15.1. The summed E-state index contributed by atoms with van der Waals surface area (Å²) in [6.07, 6.45) is 0.00593. The van der Waals surface area contributed by atoms with E-state index in [1.165, 1.54) is 6.92 Å². The first kappa shape index (κ1) is 18.5. The third-order valence-corrected chi connectivity index (χ3v) is 5.15. The minimum atomic E-state index is -1.18. The molecule has 7 nitrogen and oxygen atoms in total. The molecule has 0 bridgehead atoms. The molecule has 1 heterocycles. The highest BCUT2D eigenvalue weighted by Crippen LogP contribution is 2.30. The van der Waals surface area contributed by atoms with Gasteiger partial charge in [0.25, 0.3) is 0 Å². The lowest BCUT2D eigenvalue weighted by atomic mass is 10.3. The van der Waals surface area contributed by atoms with Gasteiger partial charge in [-0.1, -0.05) is 15.9 Å². The molecule has 2 atom stereocenters. The van der Waals surface area contributed by atoms with Crippen LogP contribution in [0.3, 0.4) is 0 Å². The van der Waals surface area contributed by atoms with E-state index in [1.54, 1.807) is 24.3 Å². The maximum absolute atomic E-state index is 12.4. The number of carboxylic acids is 1. The van der Waals surface area contributed by atoms with Crippen molar-refractivity contribution in [2.45, 2.75) is 24.6 Å². The number of carbonyl (C=O) groups excluding carboxylic acids is 3. The monoisotopic (exact) mass is 414 g/mol. The number of aliphatic carboxylic acids is 1. The van der Waals surface area contributed by atoms with E-state index in [0.29, 0.717) is 5.69 Å². The first-order chi connectivity index (χ1) is 11.3. The van der Waals surface area contributed by atoms with Crippen molar-refractivity contribution in [3.63, 3.8) is 0 Å². The second-order valence-electron chi connectivity index (χ2n) is 5.16. The van der Waals surface area contributed by atoms with Gasteiger partial charge in [-0.25, -0.2) is 9.69 Å². The Balaban J connectivity index is 2.04. The molecule has 0 radical (unpaired) electrons. The van der Waals surface area contributed by atoms with Gasteiger partial charge in [0.05, 0.1) is 10.9 Å². The van der Waals surface area contributed by atoms with Crippen molar-refractivity contribution in [1.29, 1.82) is 0 Å². The van der Waals surface area contributed by atoms with Gasteiger partial charge in [-0.15, -0.1) is 11.8 Å². The van der Waals surface area contributed by atoms with Crippen molar-refractivity contribution >= 4 is 57.1 Å². The summed E-state index contributed by atoms with van der Waals surface area (Å²) in [6, 6.07) is 5.67. The molecule has 9 heteroatoms. The van der Waals surface area contributed by atoms with Crippen LogP contribution in [0, 0.1) is 0 Å². The number of anilines is 1. The fourth-order valence-electron chi connectivity index (χ4n) is 2.23. The lowest BCUT2D eigenvalue weighted by Crippen LogP contribution is -2.42. The van der Waals surface area contributed by atoms with E-state index in [1.807, 2.05) is 0 Å². The van der Waals surface area contributed by atoms with E-state index in [-0.39, 0.29) is 24.0 Å². The Hall–Kier alpha value is -1.87. The standard InChI is InChI=1S/C15H15BrN2O5S/c1-8(19)17-11(15(22)23)7-24-12-6-13(20)18(14(12)21)10-4-2-9(16)3-5-10/h2-5,11-12H,6-7H2,1H3,(H,17,19)(H,22,23)/t11-,12+/m1/s1. The van der Waals surface area contributed by atoms with Crippen LogP contribution in [0.15, 0.2) is 28.7 Å². The smallest absolute Gasteiger partial charge is 0.327 e. The molecule has 24 heavy (non-hydrogen) atoms. The van der Waals surface area contributed by atoms with Gasteiger partial charge in [0.1, 0.15) is 6.04 Å². The molecule has 3 amide bonds. The number of nitrogens with one attached hydrogen (secondary N) is 1. The van der Waals surface area contributed by atoms with Crippen molar-refractivity contribution < 1.29 is 24.3 Å². The highest BCUT2D eigenvalue weighted by Gasteiger charge is 2.40. The minimum Gasteiger partial charge on any atom is -0.480 e. The van der Waals surface area contributed by atoms with Gasteiger partial charge >= 0.3 is 5.97 Å². The highest BCUT2D eigenvalue weighted by molar-refractivity contribution is 9.10. The van der Waals surface area contributed by atoms with Gasteiger partial charge in [-0.05, 0) is 24.3 Å². The van der Waals surface area contributed by atoms with Crippen molar-refractivity contribution in [3.8, 4) is 0 Å². The number of thioether (sulfide) groups is 1. The normalized spacial score (nSPS) is 18.6. The summed E-state index contributed by atoms with van der Waals surface area (Å²) in [5, 5.41) is 10.7. The zero-order valence-electron chi connectivity index (χ0n) is 12.7. The average molecular weight is 415 g/mol. The molecule has 128 valence electrons. The number of hydrogen-bond acceptors (Lipinski definition) is 5. The lowest BCUT2D eigenvalue weighted by Gasteiger charge is -2.16. The summed E-state index contributed by atoms with van der Waals surface area (Å²) in [7, 11) is 0. The van der Waals surface area contributed by atoms with Gasteiger partial charge in [-0.3, -0.25) is 14.4 Å². The van der Waals surface area contributed by atoms with Gasteiger partial charge < -0.3 is 10.4 Å². The predicted octanol–water partition coefficient (Wildman–Crippen LogP) is 1.40. The van der Waals surface area contributed by atoms with Gasteiger partial charge in [0.15, 0.2) is 0 Å². The Bertz CT molecular complexity index is 679. The Labute approximate surface area is 150 Å². The van der Waals surface area contributed by atoms with Gasteiger partial charge in [0.2, 0.25) is 17.7 Å². The van der Waals surface area contributed by atoms with Crippen molar-refractivity contribution in [2.75, 3.05) is 10.7 Å². The number of benzene rings is 1. The number of amides is 3. The molecule has 1 aromatic rings. The maximum Gasteiger partial charge on any atom is 0.327 e. The molecule has 0 saturated carbocycles. The lowest BCUT2D eigenvalue weighted by molar-refractivity contribution is -0.140. The van der Waals surface area contributed by atoms with Crippen LogP contribution < -0.4 is 10.2 Å². The Kier molecular flexibility index (Phi) is 6.00. The van der Waals surface area contributed by atoms with Gasteiger partial charge in [-0.2, -0.15) is 0 Å². The second kappa shape index (κ2) is 7.80. The van der Waals surface area contributed by atoms with E-state index >= 15 is 0 Å². The molecule has 0 unspecified atom stereocenters. The molecule has 1 saturated heterocycles. The molecule has 0 aromatic heterocycles. The quantitative estimate of drug-likeness (QED) is 0.681. The molecule has 2 N–H and O–H groups in total. The Morgan fingerprint density at radius 1 is 1.38 bits per heavy atom. The largest absolute Gasteiger partial charge is 0.480 e. The van der Waals surface area contributed by atoms with Crippen molar-refractivity contribution in [1.82, 2.24) is 5.32 Å². The van der Waals surface area contributed by atoms with Crippen LogP contribution in [0.2, 0.25) is 0 Å². The number of nitrogens with zero attached hydrogens (tertiary/aromatic N) is 1. The fraction of sp³-hybridized carbons (Fsp3) is 0.333. The summed E-state index contributed by atoms with van der Waals surface area (Å²) in [6.45, 7) is 1.22. The molecule has 2 rings (SSSR count). The fourth-order valence-corrected chi connectivity index (χ4v) is 3.65. The van der Waals surface area contributed by atoms with E-state index in [2.05, 4.69) is 21.2 Å². The van der Waals surface area contributed by atoms with Gasteiger partial charge in [0, 0.05) is 23.6 Å². The zero-order chi connectivity index (χ0) is 17.9. The summed E-state index contributed by atoms with van der Waals surface area (Å²) in [5.41, 5.74) is 0.480. The van der Waals surface area contributed by atoms with E-state index < -0.39 is 23.2 Å². The first-order valence-corrected chi connectivity index (χ1v) is 8.87. The molecule has 0 aliphatic carbocycles. The van der Waals surface area contributed by atoms with Crippen LogP contribution in [-0.4, -0.2) is 45.8 Å². The first-order valence-electron chi connectivity index (χ1n) is 7.03. The number of carboxylic acid groups (broad SMARTS) is 1. The number of rotatable bonds is 6. The summed E-state index contributed by atoms with van der Waals surface area (Å²) in [4.78, 5) is 47.8. The van der Waals surface area contributed by atoms with Crippen LogP contribution >= 0.6 is 27.7 Å². The predicted molar refractivity (Wildman–Crippen MR) is 92.7 cm³/mol. The maximum atomic E-state index is 12.4. The molecule has 1 aliphatic heterocycles. The van der Waals surface area contributed by atoms with Crippen LogP contribution in [0.25, 0.3) is 0 Å². The van der Waals surface area contributed by atoms with Crippen molar-refractivity contribution in [3.05, 3.63) is 28.7 Å². The molecule has 1 fully saturated rings. The molecular weight excluding hydrogens is 400 g/mol. The third kappa shape index (κ3) is 4.35. The van der Waals surface area contributed by atoms with Crippen LogP contribution in [-0.2, 0) is 19.2 Å². The summed E-state index contributed by atoms with van der Waals surface area (Å²) < 4.78 is 0.830. The van der Waals surface area contributed by atoms with E-state index in [4.69, 9.17) is 5.11 Å². The SMILES string of the molecule is CC(=O)N[C@H](CS[C@H]1CC(=O)N(c2ccc(Br)cc2)C1=O)C(=O)O. The molecule has 1 aromatic carbocycles. The molecule has 0 spiro atoms. The average Bonchev–Trinajstić information content (AvgIpc) is 2.78. The third-order valence-electron chi connectivity index (χ3n) is 3.33. The van der Waals surface area contributed by atoms with E-state index in [0.717, 1.165) is 21.1 Å². The summed E-state index contributed by atoms with van der Waals surface area (Å²) in [5.74, 6) is -2.34. The second-order valence-corrected chi connectivity index (χ2v) is 7.31. The topological polar surface area (TPSA) is 104 Å². The molecular formula is C15H15BrN2O5S. The molecule has 1 aliphatic rings. The van der Waals surface area contributed by atoms with Crippen LogP contribution in [0.5, 0.6) is 0 Å². The Morgan fingerprint density at radius 3 is 2.54 bits per heavy atom. The van der Waals surface area contributed by atoms with Crippen LogP contribution in [0.1, 0.15) is 13.3 Å².